The molecule has 0 spiro atoms. The van der Waals surface area contributed by atoms with Gasteiger partial charge < -0.3 is 19.1 Å². The number of anilines is 1. The van der Waals surface area contributed by atoms with E-state index in [1.165, 1.54) is 5.56 Å². The summed E-state index contributed by atoms with van der Waals surface area (Å²) in [7, 11) is 0. The molecular formula is C21H21ClN4O3S. The molecule has 1 aromatic heterocycles. The molecule has 0 N–H and O–H groups in total. The lowest BCUT2D eigenvalue weighted by Gasteiger charge is -2.28. The van der Waals surface area contributed by atoms with E-state index >= 15 is 0 Å². The normalized spacial score (nSPS) is 15.6. The maximum Gasteiger partial charge on any atom is 0.231 e. The zero-order valence-corrected chi connectivity index (χ0v) is 17.9. The van der Waals surface area contributed by atoms with Gasteiger partial charge in [-0.05, 0) is 23.3 Å². The largest absolute Gasteiger partial charge is 0.454 e. The van der Waals surface area contributed by atoms with Crippen molar-refractivity contribution in [1.29, 1.82) is 0 Å². The number of ether oxygens (including phenoxy) is 3. The SMILES string of the molecule is Clc1cc(CSc2nnc(N3CCOCC3)n2Cc2ccccc2)cc2c1OCO2. The van der Waals surface area contributed by atoms with Crippen LogP contribution in [-0.2, 0) is 17.0 Å². The van der Waals surface area contributed by atoms with Crippen molar-refractivity contribution < 1.29 is 14.2 Å². The molecule has 30 heavy (non-hydrogen) atoms. The van der Waals surface area contributed by atoms with Crippen LogP contribution in [0, 0.1) is 0 Å². The molecule has 0 atom stereocenters. The predicted molar refractivity (Wildman–Crippen MR) is 116 cm³/mol. The second-order valence-electron chi connectivity index (χ2n) is 7.05. The minimum absolute atomic E-state index is 0.208. The third-order valence-electron chi connectivity index (χ3n) is 5.03. The van der Waals surface area contributed by atoms with Gasteiger partial charge in [0.1, 0.15) is 0 Å². The lowest BCUT2D eigenvalue weighted by Crippen LogP contribution is -2.38. The van der Waals surface area contributed by atoms with E-state index in [4.69, 9.17) is 25.8 Å². The second kappa shape index (κ2) is 8.75. The van der Waals surface area contributed by atoms with E-state index < -0.39 is 0 Å². The van der Waals surface area contributed by atoms with E-state index in [1.807, 2.05) is 18.2 Å². The van der Waals surface area contributed by atoms with Crippen LogP contribution >= 0.6 is 23.4 Å². The smallest absolute Gasteiger partial charge is 0.231 e. The summed E-state index contributed by atoms with van der Waals surface area (Å²) in [6, 6.07) is 14.3. The monoisotopic (exact) mass is 444 g/mol. The summed E-state index contributed by atoms with van der Waals surface area (Å²) in [5, 5.41) is 10.5. The lowest BCUT2D eigenvalue weighted by atomic mass is 10.2. The van der Waals surface area contributed by atoms with Crippen LogP contribution in [0.25, 0.3) is 0 Å². The van der Waals surface area contributed by atoms with Gasteiger partial charge in [0.25, 0.3) is 0 Å². The van der Waals surface area contributed by atoms with Crippen molar-refractivity contribution in [3.63, 3.8) is 0 Å². The van der Waals surface area contributed by atoms with Crippen molar-refractivity contribution in [2.45, 2.75) is 17.5 Å². The first kappa shape index (κ1) is 19.5. The van der Waals surface area contributed by atoms with E-state index in [9.17, 15) is 0 Å². The molecule has 0 amide bonds. The molecule has 2 aromatic carbocycles. The summed E-state index contributed by atoms with van der Waals surface area (Å²) in [6.45, 7) is 3.96. The molecular weight excluding hydrogens is 424 g/mol. The Morgan fingerprint density at radius 2 is 1.83 bits per heavy atom. The standard InChI is InChI=1S/C21H21ClN4O3S/c22-17-10-16(11-18-19(17)29-14-28-18)13-30-21-24-23-20(25-6-8-27-9-7-25)26(21)12-15-4-2-1-3-5-15/h1-5,10-11H,6-9,12-14H2. The molecule has 0 saturated carbocycles. The predicted octanol–water partition coefficient (Wildman–Crippen LogP) is 3.84. The number of benzene rings is 2. The molecule has 3 heterocycles. The molecule has 0 aliphatic carbocycles. The topological polar surface area (TPSA) is 61.6 Å². The molecule has 5 rings (SSSR count). The van der Waals surface area contributed by atoms with Crippen molar-refractivity contribution in [2.75, 3.05) is 38.0 Å². The number of hydrogen-bond acceptors (Lipinski definition) is 7. The third-order valence-corrected chi connectivity index (χ3v) is 6.35. The number of thioether (sulfide) groups is 1. The van der Waals surface area contributed by atoms with Crippen LogP contribution in [0.15, 0.2) is 47.6 Å². The maximum atomic E-state index is 6.33. The van der Waals surface area contributed by atoms with E-state index in [2.05, 4.69) is 43.9 Å². The van der Waals surface area contributed by atoms with Gasteiger partial charge >= 0.3 is 0 Å². The van der Waals surface area contributed by atoms with Gasteiger partial charge in [-0.3, -0.25) is 4.57 Å². The average Bonchev–Trinajstić information content (AvgIpc) is 3.41. The molecule has 1 saturated heterocycles. The molecule has 2 aliphatic rings. The fourth-order valence-electron chi connectivity index (χ4n) is 3.54. The van der Waals surface area contributed by atoms with Crippen LogP contribution in [0.3, 0.4) is 0 Å². The van der Waals surface area contributed by atoms with Gasteiger partial charge in [-0.1, -0.05) is 53.7 Å². The Bertz CT molecular complexity index is 1020. The number of hydrogen-bond donors (Lipinski definition) is 0. The number of morpholine rings is 1. The molecule has 7 nitrogen and oxygen atoms in total. The van der Waals surface area contributed by atoms with Crippen molar-refractivity contribution in [2.24, 2.45) is 0 Å². The Morgan fingerprint density at radius 3 is 2.67 bits per heavy atom. The van der Waals surface area contributed by atoms with Gasteiger partial charge in [0.15, 0.2) is 16.7 Å². The molecule has 0 bridgehead atoms. The first-order chi connectivity index (χ1) is 14.8. The van der Waals surface area contributed by atoms with Crippen LogP contribution in [0.2, 0.25) is 5.02 Å². The highest BCUT2D eigenvalue weighted by Crippen LogP contribution is 2.41. The Hall–Kier alpha value is -2.42. The van der Waals surface area contributed by atoms with Crippen LogP contribution in [0.4, 0.5) is 5.95 Å². The summed E-state index contributed by atoms with van der Waals surface area (Å²) in [5.41, 5.74) is 2.26. The summed E-state index contributed by atoms with van der Waals surface area (Å²) in [6.07, 6.45) is 0. The highest BCUT2D eigenvalue weighted by molar-refractivity contribution is 7.98. The highest BCUT2D eigenvalue weighted by Gasteiger charge is 2.22. The summed E-state index contributed by atoms with van der Waals surface area (Å²) in [5.74, 6) is 2.89. The summed E-state index contributed by atoms with van der Waals surface area (Å²) < 4.78 is 18.6. The first-order valence-electron chi connectivity index (χ1n) is 9.78. The van der Waals surface area contributed by atoms with Gasteiger partial charge in [0.2, 0.25) is 12.7 Å². The number of rotatable bonds is 6. The van der Waals surface area contributed by atoms with E-state index in [0.717, 1.165) is 29.8 Å². The molecule has 9 heteroatoms. The summed E-state index contributed by atoms with van der Waals surface area (Å²) >= 11 is 7.97. The Kier molecular flexibility index (Phi) is 5.70. The van der Waals surface area contributed by atoms with E-state index in [0.29, 0.717) is 42.0 Å². The highest BCUT2D eigenvalue weighted by atomic mass is 35.5. The van der Waals surface area contributed by atoms with Crippen LogP contribution < -0.4 is 14.4 Å². The third kappa shape index (κ3) is 4.08. The molecule has 2 aliphatic heterocycles. The maximum absolute atomic E-state index is 6.33. The van der Waals surface area contributed by atoms with Crippen LogP contribution in [-0.4, -0.2) is 47.9 Å². The second-order valence-corrected chi connectivity index (χ2v) is 8.40. The van der Waals surface area contributed by atoms with Crippen molar-refractivity contribution >= 4 is 29.3 Å². The van der Waals surface area contributed by atoms with Crippen LogP contribution in [0.5, 0.6) is 11.5 Å². The zero-order chi connectivity index (χ0) is 20.3. The zero-order valence-electron chi connectivity index (χ0n) is 16.3. The minimum Gasteiger partial charge on any atom is -0.454 e. The fourth-order valence-corrected chi connectivity index (χ4v) is 4.69. The van der Waals surface area contributed by atoms with Gasteiger partial charge in [0.05, 0.1) is 24.8 Å². The van der Waals surface area contributed by atoms with Gasteiger partial charge in [-0.25, -0.2) is 0 Å². The Morgan fingerprint density at radius 1 is 1.00 bits per heavy atom. The number of aromatic nitrogens is 3. The quantitative estimate of drug-likeness (QED) is 0.535. The molecule has 3 aromatic rings. The number of fused-ring (bicyclic) bond motifs is 1. The van der Waals surface area contributed by atoms with Crippen molar-refractivity contribution in [3.05, 3.63) is 58.6 Å². The molecule has 156 valence electrons. The van der Waals surface area contributed by atoms with Crippen molar-refractivity contribution in [1.82, 2.24) is 14.8 Å². The Labute approximate surface area is 183 Å². The van der Waals surface area contributed by atoms with Crippen molar-refractivity contribution in [3.8, 4) is 11.5 Å². The first-order valence-corrected chi connectivity index (χ1v) is 11.1. The van der Waals surface area contributed by atoms with E-state index in [1.54, 1.807) is 11.8 Å². The number of nitrogens with zero attached hydrogens (tertiary/aromatic N) is 4. The van der Waals surface area contributed by atoms with Gasteiger partial charge in [-0.15, -0.1) is 10.2 Å². The fraction of sp³-hybridized carbons (Fsp3) is 0.333. The Balaban J connectivity index is 1.40. The molecule has 0 radical (unpaired) electrons. The molecule has 1 fully saturated rings. The average molecular weight is 445 g/mol. The van der Waals surface area contributed by atoms with Gasteiger partial charge in [-0.2, -0.15) is 0 Å². The lowest BCUT2D eigenvalue weighted by molar-refractivity contribution is 0.121. The van der Waals surface area contributed by atoms with Gasteiger partial charge in [0, 0.05) is 18.8 Å². The number of halogens is 1. The van der Waals surface area contributed by atoms with Crippen LogP contribution in [0.1, 0.15) is 11.1 Å². The molecule has 0 unspecified atom stereocenters. The van der Waals surface area contributed by atoms with E-state index in [-0.39, 0.29) is 6.79 Å². The summed E-state index contributed by atoms with van der Waals surface area (Å²) in [4.78, 5) is 2.24. The minimum atomic E-state index is 0.208.